The Morgan fingerprint density at radius 2 is 1.93 bits per heavy atom. The number of likely N-dealkylation sites (N-methyl/N-ethyl adjacent to an activating group) is 1. The van der Waals surface area contributed by atoms with E-state index in [-0.39, 0.29) is 0 Å². The van der Waals surface area contributed by atoms with E-state index < -0.39 is 5.79 Å². The van der Waals surface area contributed by atoms with Crippen molar-refractivity contribution in [2.45, 2.75) is 43.2 Å². The van der Waals surface area contributed by atoms with Crippen molar-refractivity contribution >= 4 is 28.6 Å². The number of benzene rings is 1. The van der Waals surface area contributed by atoms with Crippen LogP contribution in [0.1, 0.15) is 19.4 Å². The molecule has 2 aromatic heterocycles. The molecule has 0 aliphatic carbocycles. The van der Waals surface area contributed by atoms with Crippen LogP contribution in [-0.2, 0) is 6.54 Å². The average molecular weight is 400 g/mol. The summed E-state index contributed by atoms with van der Waals surface area (Å²) in [5.41, 5.74) is 8.93. The van der Waals surface area contributed by atoms with Crippen LogP contribution < -0.4 is 15.2 Å². The molecule has 0 spiro atoms. The second-order valence-electron chi connectivity index (χ2n) is 7.68. The lowest BCUT2D eigenvalue weighted by molar-refractivity contribution is -0.0432. The summed E-state index contributed by atoms with van der Waals surface area (Å²) in [6.07, 6.45) is 1.73. The molecule has 0 saturated carbocycles. The van der Waals surface area contributed by atoms with Crippen LogP contribution in [0.25, 0.3) is 11.0 Å². The summed E-state index contributed by atoms with van der Waals surface area (Å²) in [6, 6.07) is 6.02. The SMILES string of the molecule is Cc1cc2c(cc1Sc1nc3c(N)nccc3n1CCN(C)C)OC(C)(C)O2. The highest BCUT2D eigenvalue weighted by atomic mass is 32.2. The van der Waals surface area contributed by atoms with Crippen LogP contribution >= 0.6 is 11.8 Å². The zero-order chi connectivity index (χ0) is 20.1. The van der Waals surface area contributed by atoms with Crippen molar-refractivity contribution in [3.63, 3.8) is 0 Å². The van der Waals surface area contributed by atoms with Crippen LogP contribution in [0.4, 0.5) is 5.82 Å². The van der Waals surface area contributed by atoms with Crippen molar-refractivity contribution in [3.05, 3.63) is 30.0 Å². The molecule has 4 rings (SSSR count). The number of nitrogens with zero attached hydrogens (tertiary/aromatic N) is 4. The first kappa shape index (κ1) is 18.9. The molecule has 1 aromatic carbocycles. The fourth-order valence-corrected chi connectivity index (χ4v) is 4.23. The number of hydrogen-bond acceptors (Lipinski definition) is 7. The Kier molecular flexibility index (Phi) is 4.63. The smallest absolute Gasteiger partial charge is 0.246 e. The Bertz CT molecular complexity index is 1040. The molecule has 148 valence electrons. The lowest BCUT2D eigenvalue weighted by Gasteiger charge is -2.16. The molecule has 1 aliphatic heterocycles. The molecule has 0 fully saturated rings. The zero-order valence-electron chi connectivity index (χ0n) is 16.8. The van der Waals surface area contributed by atoms with Gasteiger partial charge in [0.1, 0.15) is 5.52 Å². The highest BCUT2D eigenvalue weighted by Crippen LogP contribution is 2.44. The number of ether oxygens (including phenoxy) is 2. The molecule has 0 radical (unpaired) electrons. The van der Waals surface area contributed by atoms with Crippen molar-refractivity contribution < 1.29 is 9.47 Å². The second kappa shape index (κ2) is 6.86. The molecule has 2 N–H and O–H groups in total. The number of pyridine rings is 1. The number of nitrogen functional groups attached to an aromatic ring is 1. The van der Waals surface area contributed by atoms with Gasteiger partial charge in [-0.05, 0) is 44.8 Å². The number of nitrogens with two attached hydrogens (primary N) is 1. The zero-order valence-corrected chi connectivity index (χ0v) is 17.6. The molecule has 8 heteroatoms. The third kappa shape index (κ3) is 3.49. The Morgan fingerprint density at radius 3 is 2.64 bits per heavy atom. The van der Waals surface area contributed by atoms with E-state index in [1.165, 1.54) is 0 Å². The van der Waals surface area contributed by atoms with Gasteiger partial charge in [0.2, 0.25) is 5.79 Å². The molecule has 3 heterocycles. The van der Waals surface area contributed by atoms with Gasteiger partial charge in [0.15, 0.2) is 22.5 Å². The summed E-state index contributed by atoms with van der Waals surface area (Å²) in [6.45, 7) is 7.60. The maximum Gasteiger partial charge on any atom is 0.246 e. The topological polar surface area (TPSA) is 78.4 Å². The number of rotatable bonds is 5. The monoisotopic (exact) mass is 399 g/mol. The van der Waals surface area contributed by atoms with Crippen LogP contribution in [-0.4, -0.2) is 45.9 Å². The molecular formula is C20H25N5O2S. The van der Waals surface area contributed by atoms with Gasteiger partial charge >= 0.3 is 0 Å². The molecule has 0 atom stereocenters. The highest BCUT2D eigenvalue weighted by molar-refractivity contribution is 7.99. The normalized spacial score (nSPS) is 14.9. The van der Waals surface area contributed by atoms with Crippen LogP contribution in [0.5, 0.6) is 11.5 Å². The average Bonchev–Trinajstić information content (AvgIpc) is 3.09. The number of aryl methyl sites for hydroxylation is 1. The van der Waals surface area contributed by atoms with E-state index in [4.69, 9.17) is 20.2 Å². The molecular weight excluding hydrogens is 374 g/mol. The first-order valence-corrected chi connectivity index (χ1v) is 10.0. The minimum Gasteiger partial charge on any atom is -0.449 e. The molecule has 0 amide bonds. The predicted octanol–water partition coefficient (Wildman–Crippen LogP) is 3.54. The number of anilines is 1. The van der Waals surface area contributed by atoms with Crippen molar-refractivity contribution in [3.8, 4) is 11.5 Å². The minimum atomic E-state index is -0.642. The van der Waals surface area contributed by atoms with Gasteiger partial charge in [0.05, 0.1) is 5.52 Å². The van der Waals surface area contributed by atoms with Crippen molar-refractivity contribution in [2.75, 3.05) is 26.4 Å². The van der Waals surface area contributed by atoms with E-state index >= 15 is 0 Å². The molecule has 7 nitrogen and oxygen atoms in total. The molecule has 1 aliphatic rings. The highest BCUT2D eigenvalue weighted by Gasteiger charge is 2.32. The van der Waals surface area contributed by atoms with Crippen molar-refractivity contribution in [1.29, 1.82) is 0 Å². The largest absolute Gasteiger partial charge is 0.449 e. The van der Waals surface area contributed by atoms with Gasteiger partial charge < -0.3 is 24.7 Å². The van der Waals surface area contributed by atoms with Crippen molar-refractivity contribution in [1.82, 2.24) is 19.4 Å². The number of hydrogen-bond donors (Lipinski definition) is 1. The number of imidazole rings is 1. The summed E-state index contributed by atoms with van der Waals surface area (Å²) in [5, 5.41) is 0.887. The van der Waals surface area contributed by atoms with Gasteiger partial charge in [-0.25, -0.2) is 9.97 Å². The van der Waals surface area contributed by atoms with E-state index in [2.05, 4.69) is 35.5 Å². The van der Waals surface area contributed by atoms with Gasteiger partial charge in [0, 0.05) is 38.0 Å². The molecule has 0 unspecified atom stereocenters. The van der Waals surface area contributed by atoms with E-state index in [0.717, 1.165) is 51.2 Å². The summed E-state index contributed by atoms with van der Waals surface area (Å²) in [7, 11) is 4.12. The van der Waals surface area contributed by atoms with Crippen LogP contribution in [0, 0.1) is 6.92 Å². The Morgan fingerprint density at radius 1 is 1.21 bits per heavy atom. The maximum absolute atomic E-state index is 6.08. The molecule has 0 saturated heterocycles. The van der Waals surface area contributed by atoms with Gasteiger partial charge in [-0.2, -0.15) is 0 Å². The van der Waals surface area contributed by atoms with Crippen LogP contribution in [0.15, 0.2) is 34.4 Å². The Labute approximate surface area is 168 Å². The predicted molar refractivity (Wildman–Crippen MR) is 111 cm³/mol. The van der Waals surface area contributed by atoms with Crippen molar-refractivity contribution in [2.24, 2.45) is 0 Å². The maximum atomic E-state index is 6.08. The third-order valence-corrected chi connectivity index (χ3v) is 5.74. The van der Waals surface area contributed by atoms with E-state index in [1.54, 1.807) is 18.0 Å². The van der Waals surface area contributed by atoms with Crippen LogP contribution in [0.3, 0.4) is 0 Å². The molecule has 0 bridgehead atoms. The summed E-state index contributed by atoms with van der Waals surface area (Å²) >= 11 is 1.61. The summed E-state index contributed by atoms with van der Waals surface area (Å²) < 4.78 is 14.0. The second-order valence-corrected chi connectivity index (χ2v) is 8.69. The van der Waals surface area contributed by atoms with E-state index in [9.17, 15) is 0 Å². The fraction of sp³-hybridized carbons (Fsp3) is 0.400. The van der Waals surface area contributed by atoms with Gasteiger partial charge in [-0.1, -0.05) is 11.8 Å². The molecule has 3 aromatic rings. The standard InChI is InChI=1S/C20H25N5O2S/c1-12-10-14-15(27-20(2,3)26-14)11-16(12)28-19-23-17-13(6-7-22-18(17)21)25(19)9-8-24(4)5/h6-7,10-11H,8-9H2,1-5H3,(H2,21,22). The number of fused-ring (bicyclic) bond motifs is 2. The van der Waals surface area contributed by atoms with E-state index in [0.29, 0.717) is 5.82 Å². The third-order valence-electron chi connectivity index (χ3n) is 4.59. The quantitative estimate of drug-likeness (QED) is 0.703. The number of aromatic nitrogens is 3. The van der Waals surface area contributed by atoms with E-state index in [1.807, 2.05) is 32.0 Å². The summed E-state index contributed by atoms with van der Waals surface area (Å²) in [5.74, 6) is 1.35. The molecule has 28 heavy (non-hydrogen) atoms. The minimum absolute atomic E-state index is 0.451. The fourth-order valence-electron chi connectivity index (χ4n) is 3.21. The van der Waals surface area contributed by atoms with Gasteiger partial charge in [0.25, 0.3) is 0 Å². The Balaban J connectivity index is 1.74. The lowest BCUT2D eigenvalue weighted by Crippen LogP contribution is -2.29. The summed E-state index contributed by atoms with van der Waals surface area (Å²) in [4.78, 5) is 12.2. The lowest BCUT2D eigenvalue weighted by atomic mass is 10.2. The van der Waals surface area contributed by atoms with Gasteiger partial charge in [-0.3, -0.25) is 0 Å². The Hall–Kier alpha value is -2.45. The van der Waals surface area contributed by atoms with Crippen LogP contribution in [0.2, 0.25) is 0 Å². The first-order valence-electron chi connectivity index (χ1n) is 9.19. The first-order chi connectivity index (χ1) is 13.2. The van der Waals surface area contributed by atoms with Gasteiger partial charge in [-0.15, -0.1) is 0 Å².